The second kappa shape index (κ2) is 8.72. The van der Waals surface area contributed by atoms with Gasteiger partial charge in [-0.05, 0) is 14.1 Å². The van der Waals surface area contributed by atoms with E-state index in [1.165, 1.54) is 4.90 Å². The number of likely N-dealkylation sites (N-methyl/N-ethyl adjacent to an activating group) is 1. The van der Waals surface area contributed by atoms with Crippen molar-refractivity contribution >= 4 is 12.0 Å². The van der Waals surface area contributed by atoms with Crippen LogP contribution < -0.4 is 5.32 Å². The van der Waals surface area contributed by atoms with Gasteiger partial charge in [0.25, 0.3) is 0 Å². The Morgan fingerprint density at radius 3 is 2.85 bits per heavy atom. The molecule has 1 aliphatic heterocycles. The Morgan fingerprint density at radius 2 is 2.20 bits per heavy atom. The van der Waals surface area contributed by atoms with Gasteiger partial charge in [-0.3, -0.25) is 0 Å². The monoisotopic (exact) mass is 289 g/mol. The van der Waals surface area contributed by atoms with Gasteiger partial charge in [-0.15, -0.1) is 0 Å². The molecule has 1 atom stereocenters. The van der Waals surface area contributed by atoms with Crippen LogP contribution in [0.15, 0.2) is 0 Å². The maximum absolute atomic E-state index is 11.9. The average molecular weight is 289 g/mol. The number of hydrogen-bond acceptors (Lipinski definition) is 5. The lowest BCUT2D eigenvalue weighted by atomic mass is 10.2. The summed E-state index contributed by atoms with van der Waals surface area (Å²) in [5.74, 6) is -1.05. The first-order chi connectivity index (χ1) is 9.52. The maximum Gasteiger partial charge on any atom is 0.328 e. The Balaban J connectivity index is 2.22. The Kier molecular flexibility index (Phi) is 7.27. The van der Waals surface area contributed by atoms with E-state index in [0.29, 0.717) is 26.4 Å². The number of nitrogens with one attached hydrogen (secondary N) is 1. The van der Waals surface area contributed by atoms with Crippen molar-refractivity contribution in [1.82, 2.24) is 15.1 Å². The van der Waals surface area contributed by atoms with Crippen LogP contribution in [0.3, 0.4) is 0 Å². The van der Waals surface area contributed by atoms with Gasteiger partial charge in [-0.25, -0.2) is 9.59 Å². The minimum absolute atomic E-state index is 0.0298. The summed E-state index contributed by atoms with van der Waals surface area (Å²) in [6.07, 6.45) is 0. The molecule has 0 bridgehead atoms. The van der Waals surface area contributed by atoms with E-state index in [-0.39, 0.29) is 13.2 Å². The van der Waals surface area contributed by atoms with Gasteiger partial charge in [-0.1, -0.05) is 0 Å². The molecule has 0 radical (unpaired) electrons. The van der Waals surface area contributed by atoms with Crippen LogP contribution in [0.2, 0.25) is 0 Å². The Morgan fingerprint density at radius 1 is 1.45 bits per heavy atom. The molecule has 2 amide bonds. The van der Waals surface area contributed by atoms with E-state index in [2.05, 4.69) is 5.32 Å². The third-order valence-electron chi connectivity index (χ3n) is 2.88. The molecule has 0 aromatic heterocycles. The second-order valence-electron chi connectivity index (χ2n) is 4.77. The summed E-state index contributed by atoms with van der Waals surface area (Å²) >= 11 is 0. The van der Waals surface area contributed by atoms with Crippen LogP contribution in [0.1, 0.15) is 0 Å². The van der Waals surface area contributed by atoms with Crippen LogP contribution in [0.25, 0.3) is 0 Å². The van der Waals surface area contributed by atoms with Crippen molar-refractivity contribution in [2.24, 2.45) is 0 Å². The highest BCUT2D eigenvalue weighted by atomic mass is 16.5. The van der Waals surface area contributed by atoms with Crippen molar-refractivity contribution in [3.63, 3.8) is 0 Å². The molecule has 8 heteroatoms. The first kappa shape index (κ1) is 16.7. The summed E-state index contributed by atoms with van der Waals surface area (Å²) in [7, 11) is 3.91. The molecule has 0 aromatic rings. The van der Waals surface area contributed by atoms with E-state index >= 15 is 0 Å². The normalized spacial score (nSPS) is 19.1. The molecule has 1 aliphatic rings. The summed E-state index contributed by atoms with van der Waals surface area (Å²) < 4.78 is 10.4. The number of carboxylic acids is 1. The van der Waals surface area contributed by atoms with Crippen LogP contribution in [0.4, 0.5) is 4.79 Å². The van der Waals surface area contributed by atoms with Crippen molar-refractivity contribution in [3.8, 4) is 0 Å². The SMILES string of the molecule is CN(C)CCOCCNC(=O)N1CCOCC1C(=O)O. The van der Waals surface area contributed by atoms with Gasteiger partial charge in [-0.2, -0.15) is 0 Å². The molecular weight excluding hydrogens is 266 g/mol. The van der Waals surface area contributed by atoms with Crippen LogP contribution in [-0.4, -0.2) is 93.1 Å². The van der Waals surface area contributed by atoms with Gasteiger partial charge in [0.05, 0.1) is 26.4 Å². The fourth-order valence-corrected chi connectivity index (χ4v) is 1.73. The van der Waals surface area contributed by atoms with Gasteiger partial charge in [0, 0.05) is 19.6 Å². The van der Waals surface area contributed by atoms with Crippen molar-refractivity contribution in [2.75, 3.05) is 60.2 Å². The molecule has 0 spiro atoms. The molecule has 1 rings (SSSR count). The summed E-state index contributed by atoms with van der Waals surface area (Å²) in [6.45, 7) is 2.84. The number of morpholine rings is 1. The quantitative estimate of drug-likeness (QED) is 0.588. The number of rotatable bonds is 7. The Hall–Kier alpha value is -1.38. The summed E-state index contributed by atoms with van der Waals surface area (Å²) in [4.78, 5) is 26.2. The fraction of sp³-hybridized carbons (Fsp3) is 0.833. The first-order valence-corrected chi connectivity index (χ1v) is 6.60. The van der Waals surface area contributed by atoms with Crippen LogP contribution in [-0.2, 0) is 14.3 Å². The molecule has 1 saturated heterocycles. The fourth-order valence-electron chi connectivity index (χ4n) is 1.73. The van der Waals surface area contributed by atoms with E-state index in [1.54, 1.807) is 0 Å². The zero-order chi connectivity index (χ0) is 15.0. The van der Waals surface area contributed by atoms with Gasteiger partial charge < -0.3 is 29.7 Å². The van der Waals surface area contributed by atoms with Crippen LogP contribution in [0.5, 0.6) is 0 Å². The smallest absolute Gasteiger partial charge is 0.328 e. The number of carbonyl (C=O) groups excluding carboxylic acids is 1. The minimum Gasteiger partial charge on any atom is -0.480 e. The molecule has 116 valence electrons. The highest BCUT2D eigenvalue weighted by Crippen LogP contribution is 2.07. The van der Waals surface area contributed by atoms with Gasteiger partial charge >= 0.3 is 12.0 Å². The molecule has 1 unspecified atom stereocenters. The van der Waals surface area contributed by atoms with E-state index in [1.807, 2.05) is 19.0 Å². The molecule has 0 aliphatic carbocycles. The average Bonchev–Trinajstić information content (AvgIpc) is 2.42. The lowest BCUT2D eigenvalue weighted by Crippen LogP contribution is -2.56. The molecule has 1 heterocycles. The number of carbonyl (C=O) groups is 2. The summed E-state index contributed by atoms with van der Waals surface area (Å²) in [5, 5.41) is 11.7. The third kappa shape index (κ3) is 5.72. The molecule has 20 heavy (non-hydrogen) atoms. The standard InChI is InChI=1S/C12H23N3O5/c1-14(2)4-7-19-6-3-13-12(18)15-5-8-20-9-10(15)11(16)17/h10H,3-9H2,1-2H3,(H,13,18)(H,16,17). The lowest BCUT2D eigenvalue weighted by molar-refractivity contribution is -0.147. The molecule has 1 fully saturated rings. The predicted molar refractivity (Wildman–Crippen MR) is 71.7 cm³/mol. The molecule has 0 saturated carbocycles. The molecule has 8 nitrogen and oxygen atoms in total. The third-order valence-corrected chi connectivity index (χ3v) is 2.88. The second-order valence-corrected chi connectivity index (χ2v) is 4.77. The molecule has 2 N–H and O–H groups in total. The summed E-state index contributed by atoms with van der Waals surface area (Å²) in [6, 6.07) is -1.31. The molecule has 0 aromatic carbocycles. The Labute approximate surface area is 118 Å². The highest BCUT2D eigenvalue weighted by Gasteiger charge is 2.32. The molecular formula is C12H23N3O5. The number of nitrogens with zero attached hydrogens (tertiary/aromatic N) is 2. The minimum atomic E-state index is -1.05. The number of aliphatic carboxylic acids is 1. The number of urea groups is 1. The van der Waals surface area contributed by atoms with E-state index in [0.717, 1.165) is 6.54 Å². The predicted octanol–water partition coefficient (Wildman–Crippen LogP) is -0.940. The topological polar surface area (TPSA) is 91.3 Å². The number of ether oxygens (including phenoxy) is 2. The van der Waals surface area contributed by atoms with E-state index < -0.39 is 18.0 Å². The van der Waals surface area contributed by atoms with Crippen LogP contribution in [0, 0.1) is 0 Å². The van der Waals surface area contributed by atoms with Gasteiger partial charge in [0.2, 0.25) is 0 Å². The zero-order valence-corrected chi connectivity index (χ0v) is 12.0. The van der Waals surface area contributed by atoms with E-state index in [9.17, 15) is 9.59 Å². The van der Waals surface area contributed by atoms with Crippen molar-refractivity contribution in [1.29, 1.82) is 0 Å². The number of hydrogen-bond donors (Lipinski definition) is 2. The number of amides is 2. The number of carboxylic acid groups (broad SMARTS) is 1. The van der Waals surface area contributed by atoms with Crippen molar-refractivity contribution < 1.29 is 24.2 Å². The van der Waals surface area contributed by atoms with E-state index in [4.69, 9.17) is 14.6 Å². The van der Waals surface area contributed by atoms with Gasteiger partial charge in [0.1, 0.15) is 0 Å². The lowest BCUT2D eigenvalue weighted by Gasteiger charge is -2.32. The van der Waals surface area contributed by atoms with Crippen molar-refractivity contribution in [2.45, 2.75) is 6.04 Å². The first-order valence-electron chi connectivity index (χ1n) is 6.60. The maximum atomic E-state index is 11.9. The largest absolute Gasteiger partial charge is 0.480 e. The van der Waals surface area contributed by atoms with Crippen LogP contribution >= 0.6 is 0 Å². The van der Waals surface area contributed by atoms with Crippen molar-refractivity contribution in [3.05, 3.63) is 0 Å². The summed E-state index contributed by atoms with van der Waals surface area (Å²) in [5.41, 5.74) is 0. The zero-order valence-electron chi connectivity index (χ0n) is 12.0. The Bertz CT molecular complexity index is 324. The highest BCUT2D eigenvalue weighted by molar-refractivity contribution is 5.82. The van der Waals surface area contributed by atoms with Gasteiger partial charge in [0.15, 0.2) is 6.04 Å².